The molecule has 1 heterocycles. The standard InChI is InChI=1S/C12H10O3/c1-2-14-12(13)10-9-7-5-3-4-6-8(7)15-11(9)10/h3-6,10H,2H2,1H3. The molecule has 1 aromatic carbocycles. The van der Waals surface area contributed by atoms with E-state index in [0.29, 0.717) is 6.61 Å². The zero-order valence-electron chi connectivity index (χ0n) is 8.32. The molecule has 0 aliphatic heterocycles. The Hall–Kier alpha value is -1.77. The highest BCUT2D eigenvalue weighted by atomic mass is 16.5. The van der Waals surface area contributed by atoms with Gasteiger partial charge in [-0.15, -0.1) is 0 Å². The van der Waals surface area contributed by atoms with Crippen molar-refractivity contribution in [3.8, 4) is 0 Å². The van der Waals surface area contributed by atoms with Crippen molar-refractivity contribution in [1.29, 1.82) is 0 Å². The summed E-state index contributed by atoms with van der Waals surface area (Å²) >= 11 is 0. The Bertz CT molecular complexity index is 539. The molecule has 0 N–H and O–H groups in total. The second-order valence-electron chi connectivity index (χ2n) is 3.56. The summed E-state index contributed by atoms with van der Waals surface area (Å²) in [5.41, 5.74) is 1.85. The Kier molecular flexibility index (Phi) is 1.63. The zero-order valence-corrected chi connectivity index (χ0v) is 8.32. The first-order valence-electron chi connectivity index (χ1n) is 5.01. The second-order valence-corrected chi connectivity index (χ2v) is 3.56. The minimum absolute atomic E-state index is 0.197. The Morgan fingerprint density at radius 1 is 1.47 bits per heavy atom. The van der Waals surface area contributed by atoms with Gasteiger partial charge in [0.1, 0.15) is 17.3 Å². The third-order valence-corrected chi connectivity index (χ3v) is 2.65. The lowest BCUT2D eigenvalue weighted by Crippen LogP contribution is -2.05. The summed E-state index contributed by atoms with van der Waals surface area (Å²) in [5, 5.41) is 1.03. The number of fused-ring (bicyclic) bond motifs is 3. The van der Waals surface area contributed by atoms with Crippen LogP contribution in [0.4, 0.5) is 0 Å². The first-order valence-corrected chi connectivity index (χ1v) is 5.01. The minimum atomic E-state index is -0.236. The molecule has 0 saturated carbocycles. The van der Waals surface area contributed by atoms with E-state index in [0.717, 1.165) is 22.3 Å². The fraction of sp³-hybridized carbons (Fsp3) is 0.250. The van der Waals surface area contributed by atoms with Gasteiger partial charge in [0.05, 0.1) is 6.61 Å². The summed E-state index contributed by atoms with van der Waals surface area (Å²) in [5.74, 6) is 0.339. The van der Waals surface area contributed by atoms with Crippen molar-refractivity contribution in [2.45, 2.75) is 12.8 Å². The molecule has 0 bridgehead atoms. The van der Waals surface area contributed by atoms with Crippen LogP contribution in [0, 0.1) is 0 Å². The van der Waals surface area contributed by atoms with Gasteiger partial charge in [0.2, 0.25) is 0 Å². The molecule has 0 amide bonds. The average Bonchev–Trinajstić information content (AvgIpc) is 2.83. The zero-order chi connectivity index (χ0) is 10.4. The van der Waals surface area contributed by atoms with Gasteiger partial charge in [-0.1, -0.05) is 18.2 Å². The molecule has 1 atom stereocenters. The van der Waals surface area contributed by atoms with E-state index in [4.69, 9.17) is 9.15 Å². The highest BCUT2D eigenvalue weighted by Crippen LogP contribution is 2.50. The SMILES string of the molecule is CCOC(=O)C1c2oc3ccccc3c21. The second kappa shape index (κ2) is 2.86. The molecule has 1 aliphatic carbocycles. The maximum Gasteiger partial charge on any atom is 0.321 e. The monoisotopic (exact) mass is 202 g/mol. The molecule has 2 aromatic rings. The van der Waals surface area contributed by atoms with E-state index in [2.05, 4.69) is 0 Å². The van der Waals surface area contributed by atoms with Crippen LogP contribution in [0.1, 0.15) is 24.2 Å². The van der Waals surface area contributed by atoms with Crippen LogP contribution < -0.4 is 0 Å². The Labute approximate surface area is 86.6 Å². The molecule has 1 unspecified atom stereocenters. The molecule has 76 valence electrons. The average molecular weight is 202 g/mol. The van der Waals surface area contributed by atoms with Crippen LogP contribution in [0.25, 0.3) is 11.0 Å². The van der Waals surface area contributed by atoms with E-state index in [1.807, 2.05) is 24.3 Å². The van der Waals surface area contributed by atoms with Gasteiger partial charge in [0.15, 0.2) is 0 Å². The molecule has 0 fully saturated rings. The highest BCUT2D eigenvalue weighted by molar-refractivity contribution is 5.99. The number of furan rings is 1. The predicted molar refractivity (Wildman–Crippen MR) is 54.7 cm³/mol. The summed E-state index contributed by atoms with van der Waals surface area (Å²) in [4.78, 5) is 11.5. The fourth-order valence-corrected chi connectivity index (χ4v) is 1.95. The molecule has 0 spiro atoms. The van der Waals surface area contributed by atoms with Gasteiger partial charge in [-0.05, 0) is 13.0 Å². The van der Waals surface area contributed by atoms with Crippen molar-refractivity contribution in [2.75, 3.05) is 6.61 Å². The van der Waals surface area contributed by atoms with Gasteiger partial charge in [0, 0.05) is 10.9 Å². The Morgan fingerprint density at radius 3 is 3.07 bits per heavy atom. The van der Waals surface area contributed by atoms with Crippen molar-refractivity contribution in [1.82, 2.24) is 0 Å². The first kappa shape index (κ1) is 8.53. The van der Waals surface area contributed by atoms with Crippen LogP contribution in [-0.2, 0) is 9.53 Å². The molecular weight excluding hydrogens is 192 g/mol. The van der Waals surface area contributed by atoms with Gasteiger partial charge < -0.3 is 9.15 Å². The summed E-state index contributed by atoms with van der Waals surface area (Å²) in [6.45, 7) is 2.22. The normalized spacial score (nSPS) is 17.5. The Balaban J connectivity index is 1.98. The topological polar surface area (TPSA) is 39.4 Å². The van der Waals surface area contributed by atoms with E-state index >= 15 is 0 Å². The van der Waals surface area contributed by atoms with Gasteiger partial charge in [0.25, 0.3) is 0 Å². The number of para-hydroxylation sites is 1. The molecule has 0 saturated heterocycles. The lowest BCUT2D eigenvalue weighted by molar-refractivity contribution is -0.142. The quantitative estimate of drug-likeness (QED) is 0.702. The van der Waals surface area contributed by atoms with Crippen LogP contribution in [0.5, 0.6) is 0 Å². The van der Waals surface area contributed by atoms with Gasteiger partial charge >= 0.3 is 5.97 Å². The van der Waals surface area contributed by atoms with Crippen LogP contribution in [-0.4, -0.2) is 12.6 Å². The number of rotatable bonds is 2. The summed E-state index contributed by atoms with van der Waals surface area (Å²) in [7, 11) is 0. The summed E-state index contributed by atoms with van der Waals surface area (Å²) in [6.07, 6.45) is 0. The third kappa shape index (κ3) is 1.09. The third-order valence-electron chi connectivity index (χ3n) is 2.65. The smallest absolute Gasteiger partial charge is 0.321 e. The minimum Gasteiger partial charge on any atom is -0.465 e. The number of hydrogen-bond acceptors (Lipinski definition) is 3. The van der Waals surface area contributed by atoms with E-state index in [9.17, 15) is 4.79 Å². The van der Waals surface area contributed by atoms with E-state index in [1.54, 1.807) is 6.92 Å². The molecule has 15 heavy (non-hydrogen) atoms. The molecule has 1 aromatic heterocycles. The van der Waals surface area contributed by atoms with Crippen molar-refractivity contribution in [3.63, 3.8) is 0 Å². The molecule has 0 radical (unpaired) electrons. The van der Waals surface area contributed by atoms with Gasteiger partial charge in [-0.2, -0.15) is 0 Å². The maximum atomic E-state index is 11.5. The maximum absolute atomic E-state index is 11.5. The van der Waals surface area contributed by atoms with E-state index in [-0.39, 0.29) is 11.9 Å². The number of benzene rings is 1. The summed E-state index contributed by atoms with van der Waals surface area (Å²) in [6, 6.07) is 7.74. The van der Waals surface area contributed by atoms with Crippen molar-refractivity contribution in [3.05, 3.63) is 35.6 Å². The summed E-state index contributed by atoms with van der Waals surface area (Å²) < 4.78 is 10.5. The molecule has 3 rings (SSSR count). The number of carbonyl (C=O) groups excluding carboxylic acids is 1. The predicted octanol–water partition coefficient (Wildman–Crippen LogP) is 2.44. The molecule has 3 nitrogen and oxygen atoms in total. The van der Waals surface area contributed by atoms with Crippen LogP contribution in [0.2, 0.25) is 0 Å². The lowest BCUT2D eigenvalue weighted by Gasteiger charge is -1.99. The van der Waals surface area contributed by atoms with Crippen molar-refractivity contribution >= 4 is 16.9 Å². The Morgan fingerprint density at radius 2 is 2.27 bits per heavy atom. The van der Waals surface area contributed by atoms with Crippen LogP contribution in [0.15, 0.2) is 28.7 Å². The fourth-order valence-electron chi connectivity index (χ4n) is 1.95. The number of hydrogen-bond donors (Lipinski definition) is 0. The van der Waals surface area contributed by atoms with Crippen LogP contribution in [0.3, 0.4) is 0 Å². The van der Waals surface area contributed by atoms with Crippen LogP contribution >= 0.6 is 0 Å². The number of carbonyl (C=O) groups is 1. The number of ether oxygens (including phenoxy) is 1. The number of esters is 1. The van der Waals surface area contributed by atoms with Gasteiger partial charge in [-0.25, -0.2) is 0 Å². The molecular formula is C12H10O3. The lowest BCUT2D eigenvalue weighted by atomic mass is 10.2. The highest BCUT2D eigenvalue weighted by Gasteiger charge is 2.47. The first-order chi connectivity index (χ1) is 7.33. The molecule has 3 heteroatoms. The van der Waals surface area contributed by atoms with E-state index in [1.165, 1.54) is 0 Å². The van der Waals surface area contributed by atoms with Crippen molar-refractivity contribution in [2.24, 2.45) is 0 Å². The van der Waals surface area contributed by atoms with E-state index < -0.39 is 0 Å². The molecule has 1 aliphatic rings. The van der Waals surface area contributed by atoms with Gasteiger partial charge in [-0.3, -0.25) is 4.79 Å². The largest absolute Gasteiger partial charge is 0.465 e. The van der Waals surface area contributed by atoms with Crippen molar-refractivity contribution < 1.29 is 13.9 Å².